The molecule has 2 N–H and O–H groups in total. The number of hydrogen-bond donors (Lipinski definition) is 1. The molecule has 0 aliphatic heterocycles. The molecule has 2 aromatic heterocycles. The Hall–Kier alpha value is -1.59. The maximum Gasteiger partial charge on any atom is 0.255 e. The summed E-state index contributed by atoms with van der Waals surface area (Å²) in [5.41, 5.74) is 5.97. The van der Waals surface area contributed by atoms with Crippen LogP contribution in [0.3, 0.4) is 0 Å². The molecule has 2 rings (SSSR count). The average Bonchev–Trinajstić information content (AvgIpc) is 2.93. The lowest BCUT2D eigenvalue weighted by molar-refractivity contribution is 0.0745. The number of carbonyl (C=O) groups excluding carboxylic acids is 1. The highest BCUT2D eigenvalue weighted by atomic mass is 35.5. The van der Waals surface area contributed by atoms with E-state index in [4.69, 9.17) is 17.3 Å². The largest absolute Gasteiger partial charge is 0.384 e. The van der Waals surface area contributed by atoms with Crippen LogP contribution in [0.2, 0.25) is 5.02 Å². The van der Waals surface area contributed by atoms with Crippen molar-refractivity contribution in [2.75, 3.05) is 12.8 Å². The van der Waals surface area contributed by atoms with Crippen LogP contribution in [0.4, 0.5) is 5.82 Å². The number of nitrogens with zero attached hydrogens (tertiary/aromatic N) is 2. The van der Waals surface area contributed by atoms with Crippen LogP contribution in [0, 0.1) is 0 Å². The van der Waals surface area contributed by atoms with Gasteiger partial charge in [0.05, 0.1) is 16.6 Å². The number of aromatic nitrogens is 1. The molecule has 0 saturated heterocycles. The molecule has 0 aromatic carbocycles. The molecule has 0 fully saturated rings. The first kappa shape index (κ1) is 13.8. The molecule has 1 unspecified atom stereocenters. The Labute approximate surface area is 120 Å². The third-order valence-electron chi connectivity index (χ3n) is 2.96. The predicted molar refractivity (Wildman–Crippen MR) is 78.5 cm³/mol. The van der Waals surface area contributed by atoms with Gasteiger partial charge in [-0.2, -0.15) is 0 Å². The van der Waals surface area contributed by atoms with Gasteiger partial charge in [-0.05, 0) is 24.4 Å². The zero-order chi connectivity index (χ0) is 14.0. The maximum atomic E-state index is 12.4. The highest BCUT2D eigenvalue weighted by Gasteiger charge is 2.21. The summed E-state index contributed by atoms with van der Waals surface area (Å²) in [6, 6.07) is 5.45. The van der Waals surface area contributed by atoms with Crippen LogP contribution in [0.5, 0.6) is 0 Å². The fraction of sp³-hybridized carbons (Fsp3) is 0.231. The van der Waals surface area contributed by atoms with Gasteiger partial charge in [0, 0.05) is 18.1 Å². The molecule has 0 radical (unpaired) electrons. The van der Waals surface area contributed by atoms with Crippen molar-refractivity contribution in [1.82, 2.24) is 9.88 Å². The molecule has 0 saturated carbocycles. The number of carbonyl (C=O) groups is 1. The maximum absolute atomic E-state index is 12.4. The first-order valence-electron chi connectivity index (χ1n) is 5.72. The summed E-state index contributed by atoms with van der Waals surface area (Å²) in [6.07, 6.45) is 1.40. The van der Waals surface area contributed by atoms with Crippen LogP contribution in [-0.4, -0.2) is 22.8 Å². The van der Waals surface area contributed by atoms with Gasteiger partial charge in [0.1, 0.15) is 5.82 Å². The van der Waals surface area contributed by atoms with E-state index in [0.29, 0.717) is 10.6 Å². The van der Waals surface area contributed by atoms with Crippen LogP contribution in [0.25, 0.3) is 0 Å². The second-order valence-electron chi connectivity index (χ2n) is 4.20. The van der Waals surface area contributed by atoms with Gasteiger partial charge in [-0.3, -0.25) is 4.79 Å². The molecule has 0 spiro atoms. The van der Waals surface area contributed by atoms with Gasteiger partial charge in [0.15, 0.2) is 0 Å². The van der Waals surface area contributed by atoms with E-state index in [1.165, 1.54) is 12.3 Å². The van der Waals surface area contributed by atoms with Crippen LogP contribution in [0.1, 0.15) is 28.2 Å². The molecule has 19 heavy (non-hydrogen) atoms. The Morgan fingerprint density at radius 1 is 1.58 bits per heavy atom. The Bertz CT molecular complexity index is 586. The molecular formula is C13H14ClN3OS. The van der Waals surface area contributed by atoms with Gasteiger partial charge in [-0.15, -0.1) is 11.3 Å². The third-order valence-corrected chi connectivity index (χ3v) is 4.31. The van der Waals surface area contributed by atoms with E-state index in [-0.39, 0.29) is 17.8 Å². The topological polar surface area (TPSA) is 59.2 Å². The zero-order valence-electron chi connectivity index (χ0n) is 10.6. The minimum absolute atomic E-state index is 0.0158. The molecule has 100 valence electrons. The second kappa shape index (κ2) is 5.59. The monoisotopic (exact) mass is 295 g/mol. The Balaban J connectivity index is 2.26. The number of thiophene rings is 1. The van der Waals surface area contributed by atoms with Crippen molar-refractivity contribution >= 4 is 34.7 Å². The van der Waals surface area contributed by atoms with E-state index in [9.17, 15) is 4.79 Å². The first-order chi connectivity index (χ1) is 9.00. The molecule has 1 amide bonds. The van der Waals surface area contributed by atoms with E-state index >= 15 is 0 Å². The van der Waals surface area contributed by atoms with Crippen LogP contribution in [-0.2, 0) is 0 Å². The summed E-state index contributed by atoms with van der Waals surface area (Å²) >= 11 is 7.62. The quantitative estimate of drug-likeness (QED) is 0.946. The fourth-order valence-corrected chi connectivity index (χ4v) is 2.72. The average molecular weight is 296 g/mol. The molecule has 0 aliphatic rings. The van der Waals surface area contributed by atoms with Gasteiger partial charge in [0.2, 0.25) is 0 Å². The van der Waals surface area contributed by atoms with Crippen LogP contribution < -0.4 is 5.73 Å². The summed E-state index contributed by atoms with van der Waals surface area (Å²) in [4.78, 5) is 19.0. The van der Waals surface area contributed by atoms with Gasteiger partial charge in [-0.25, -0.2) is 4.98 Å². The molecule has 1 atom stereocenters. The lowest BCUT2D eigenvalue weighted by Gasteiger charge is -2.24. The van der Waals surface area contributed by atoms with Gasteiger partial charge >= 0.3 is 0 Å². The normalized spacial score (nSPS) is 12.2. The minimum Gasteiger partial charge on any atom is -0.384 e. The molecule has 6 heteroatoms. The summed E-state index contributed by atoms with van der Waals surface area (Å²) in [6.45, 7) is 1.97. The summed E-state index contributed by atoms with van der Waals surface area (Å²) in [5, 5.41) is 2.30. The van der Waals surface area contributed by atoms with Crippen molar-refractivity contribution in [1.29, 1.82) is 0 Å². The lowest BCUT2D eigenvalue weighted by atomic mass is 10.2. The Morgan fingerprint density at radius 2 is 2.32 bits per heavy atom. The van der Waals surface area contributed by atoms with Crippen LogP contribution >= 0.6 is 22.9 Å². The number of pyridine rings is 1. The highest BCUT2D eigenvalue weighted by molar-refractivity contribution is 7.10. The summed E-state index contributed by atoms with van der Waals surface area (Å²) in [5.74, 6) is 0.116. The van der Waals surface area contributed by atoms with Crippen molar-refractivity contribution < 1.29 is 4.79 Å². The third kappa shape index (κ3) is 2.88. The molecule has 4 nitrogen and oxygen atoms in total. The van der Waals surface area contributed by atoms with Gasteiger partial charge in [0.25, 0.3) is 5.91 Å². The Morgan fingerprint density at radius 3 is 2.95 bits per heavy atom. The molecule has 0 bridgehead atoms. The van der Waals surface area contributed by atoms with Crippen molar-refractivity contribution in [3.8, 4) is 0 Å². The van der Waals surface area contributed by atoms with Crippen molar-refractivity contribution in [2.24, 2.45) is 0 Å². The van der Waals surface area contributed by atoms with Crippen molar-refractivity contribution in [3.63, 3.8) is 0 Å². The number of amides is 1. The highest BCUT2D eigenvalue weighted by Crippen LogP contribution is 2.26. The first-order valence-corrected chi connectivity index (χ1v) is 6.98. The second-order valence-corrected chi connectivity index (χ2v) is 5.58. The summed E-state index contributed by atoms with van der Waals surface area (Å²) in [7, 11) is 1.75. The van der Waals surface area contributed by atoms with E-state index < -0.39 is 0 Å². The number of hydrogen-bond acceptors (Lipinski definition) is 4. The minimum atomic E-state index is -0.167. The number of halogens is 1. The molecule has 2 aromatic rings. The van der Waals surface area contributed by atoms with E-state index in [1.807, 2.05) is 24.4 Å². The van der Waals surface area contributed by atoms with Crippen LogP contribution in [0.15, 0.2) is 29.8 Å². The number of anilines is 1. The smallest absolute Gasteiger partial charge is 0.255 e. The number of rotatable bonds is 3. The van der Waals surface area contributed by atoms with Crippen molar-refractivity contribution in [3.05, 3.63) is 45.2 Å². The SMILES string of the molecule is CC(c1cccs1)N(C)C(=O)c1cc(N)ncc1Cl. The van der Waals surface area contributed by atoms with E-state index in [1.54, 1.807) is 23.3 Å². The van der Waals surface area contributed by atoms with Gasteiger partial charge < -0.3 is 10.6 Å². The van der Waals surface area contributed by atoms with Gasteiger partial charge in [-0.1, -0.05) is 17.7 Å². The van der Waals surface area contributed by atoms with E-state index in [0.717, 1.165) is 4.88 Å². The standard InChI is InChI=1S/C13H14ClN3OS/c1-8(11-4-3-5-19-11)17(2)13(18)9-6-12(15)16-7-10(9)14/h3-8H,1-2H3,(H2,15,16). The molecule has 2 heterocycles. The predicted octanol–water partition coefficient (Wildman–Crippen LogP) is 3.21. The zero-order valence-corrected chi connectivity index (χ0v) is 12.2. The Kier molecular flexibility index (Phi) is 4.07. The fourth-order valence-electron chi connectivity index (χ4n) is 1.70. The molecule has 0 aliphatic carbocycles. The summed E-state index contributed by atoms with van der Waals surface area (Å²) < 4.78 is 0. The van der Waals surface area contributed by atoms with E-state index in [2.05, 4.69) is 4.98 Å². The van der Waals surface area contributed by atoms with Crippen molar-refractivity contribution in [2.45, 2.75) is 13.0 Å². The lowest BCUT2D eigenvalue weighted by Crippen LogP contribution is -2.29. The number of nitrogen functional groups attached to an aromatic ring is 1. The number of nitrogens with two attached hydrogens (primary N) is 1. The molecular weight excluding hydrogens is 282 g/mol.